The van der Waals surface area contributed by atoms with E-state index in [0.717, 1.165) is 11.6 Å². The van der Waals surface area contributed by atoms with Crippen molar-refractivity contribution in [2.45, 2.75) is 11.8 Å². The molecule has 2 aromatic carbocycles. The Morgan fingerprint density at radius 1 is 1.04 bits per heavy atom. The third-order valence-corrected chi connectivity index (χ3v) is 5.92. The van der Waals surface area contributed by atoms with Crippen molar-refractivity contribution in [3.63, 3.8) is 0 Å². The Morgan fingerprint density at radius 2 is 1.61 bits per heavy atom. The molecular formula is C16H10Cl3NO2S. The van der Waals surface area contributed by atoms with Crippen molar-refractivity contribution in [3.8, 4) is 6.07 Å². The number of nitrogens with zero attached hydrogens (tertiary/aromatic N) is 1. The first-order valence-electron chi connectivity index (χ1n) is 6.34. The Hall–Kier alpha value is -1.51. The van der Waals surface area contributed by atoms with Gasteiger partial charge in [0.2, 0.25) is 9.84 Å². The third-order valence-electron chi connectivity index (χ3n) is 3.09. The molecule has 0 atom stereocenters. The Bertz CT molecular complexity index is 927. The van der Waals surface area contributed by atoms with E-state index in [1.54, 1.807) is 18.2 Å². The molecule has 0 aliphatic rings. The number of sulfone groups is 1. The lowest BCUT2D eigenvalue weighted by Gasteiger charge is -2.07. The molecule has 0 radical (unpaired) electrons. The number of benzene rings is 2. The summed E-state index contributed by atoms with van der Waals surface area (Å²) in [5, 5.41) is 9.78. The molecule has 0 saturated carbocycles. The maximum Gasteiger partial charge on any atom is 0.216 e. The number of rotatable bonds is 3. The minimum absolute atomic E-state index is 0.0187. The van der Waals surface area contributed by atoms with Gasteiger partial charge in [-0.3, -0.25) is 0 Å². The predicted octanol–water partition coefficient (Wildman–Crippen LogP) is 5.29. The quantitative estimate of drug-likeness (QED) is 0.531. The van der Waals surface area contributed by atoms with Gasteiger partial charge in [0.1, 0.15) is 11.0 Å². The van der Waals surface area contributed by atoms with Crippen molar-refractivity contribution >= 4 is 50.7 Å². The summed E-state index contributed by atoms with van der Waals surface area (Å²) in [6.07, 6.45) is 1.13. The molecule has 118 valence electrons. The van der Waals surface area contributed by atoms with E-state index in [1.807, 2.05) is 6.92 Å². The lowest BCUT2D eigenvalue weighted by molar-refractivity contribution is 0.603. The molecule has 0 amide bonds. The average molecular weight is 387 g/mol. The molecule has 0 bridgehead atoms. The van der Waals surface area contributed by atoms with Crippen LogP contribution in [0.1, 0.15) is 11.1 Å². The van der Waals surface area contributed by atoms with Gasteiger partial charge >= 0.3 is 0 Å². The number of aryl methyl sites for hydroxylation is 1. The summed E-state index contributed by atoms with van der Waals surface area (Å²) in [6.45, 7) is 1.84. The minimum Gasteiger partial charge on any atom is -0.218 e. The van der Waals surface area contributed by atoms with Crippen LogP contribution in [0.3, 0.4) is 0 Å². The van der Waals surface area contributed by atoms with Gasteiger partial charge in [-0.15, -0.1) is 0 Å². The molecule has 0 heterocycles. The summed E-state index contributed by atoms with van der Waals surface area (Å²) in [5.74, 6) is 0. The Balaban J connectivity index is 2.63. The standard InChI is InChI=1S/C16H10Cl3NO2S/c1-10-2-4-11(5-3-10)23(21,22)12(9-20)8-13-14(17)6-7-15(18)16(13)19/h2-8H,1H3. The van der Waals surface area contributed by atoms with Gasteiger partial charge in [0.05, 0.1) is 14.9 Å². The van der Waals surface area contributed by atoms with Gasteiger partial charge in [0.25, 0.3) is 0 Å². The van der Waals surface area contributed by atoms with Crippen molar-refractivity contribution in [1.82, 2.24) is 0 Å². The van der Waals surface area contributed by atoms with Crippen LogP contribution in [0.15, 0.2) is 46.2 Å². The van der Waals surface area contributed by atoms with E-state index in [4.69, 9.17) is 34.8 Å². The van der Waals surface area contributed by atoms with Crippen LogP contribution in [-0.4, -0.2) is 8.42 Å². The molecule has 2 rings (SSSR count). The van der Waals surface area contributed by atoms with E-state index in [1.165, 1.54) is 24.3 Å². The zero-order valence-corrected chi connectivity index (χ0v) is 14.9. The number of hydrogen-bond donors (Lipinski definition) is 0. The molecular weight excluding hydrogens is 377 g/mol. The Kier molecular flexibility index (Phi) is 5.38. The molecule has 0 saturated heterocycles. The highest BCUT2D eigenvalue weighted by molar-refractivity contribution is 7.95. The Labute approximate surface area is 149 Å². The summed E-state index contributed by atoms with van der Waals surface area (Å²) >= 11 is 18.0. The summed E-state index contributed by atoms with van der Waals surface area (Å²) < 4.78 is 25.2. The van der Waals surface area contributed by atoms with Crippen LogP contribution >= 0.6 is 34.8 Å². The highest BCUT2D eigenvalue weighted by Gasteiger charge is 2.22. The SMILES string of the molecule is Cc1ccc(S(=O)(=O)C(C#N)=Cc2c(Cl)ccc(Cl)c2Cl)cc1. The highest BCUT2D eigenvalue weighted by Crippen LogP contribution is 2.34. The first kappa shape index (κ1) is 17.8. The Morgan fingerprint density at radius 3 is 2.17 bits per heavy atom. The molecule has 23 heavy (non-hydrogen) atoms. The zero-order valence-electron chi connectivity index (χ0n) is 11.8. The van der Waals surface area contributed by atoms with Crippen LogP contribution in [0.4, 0.5) is 0 Å². The molecule has 0 aromatic heterocycles. The summed E-state index contributed by atoms with van der Waals surface area (Å²) in [7, 11) is -3.97. The van der Waals surface area contributed by atoms with Crippen LogP contribution < -0.4 is 0 Å². The van der Waals surface area contributed by atoms with E-state index >= 15 is 0 Å². The molecule has 0 unspecified atom stereocenters. The van der Waals surface area contributed by atoms with Crippen LogP contribution in [0.2, 0.25) is 15.1 Å². The summed E-state index contributed by atoms with van der Waals surface area (Å²) in [4.78, 5) is -0.447. The predicted molar refractivity (Wildman–Crippen MR) is 93.4 cm³/mol. The topological polar surface area (TPSA) is 57.9 Å². The number of hydrogen-bond acceptors (Lipinski definition) is 3. The van der Waals surface area contributed by atoms with E-state index in [9.17, 15) is 13.7 Å². The fourth-order valence-corrected chi connectivity index (χ4v) is 3.61. The fraction of sp³-hybridized carbons (Fsp3) is 0.0625. The van der Waals surface area contributed by atoms with Crippen molar-refractivity contribution in [1.29, 1.82) is 5.26 Å². The normalized spacial score (nSPS) is 12.0. The minimum atomic E-state index is -3.97. The molecule has 0 fully saturated rings. The number of nitriles is 1. The van der Waals surface area contributed by atoms with Crippen molar-refractivity contribution in [3.05, 3.63) is 67.5 Å². The summed E-state index contributed by atoms with van der Waals surface area (Å²) in [6, 6.07) is 10.9. The van der Waals surface area contributed by atoms with E-state index in [2.05, 4.69) is 0 Å². The van der Waals surface area contributed by atoms with Crippen molar-refractivity contribution in [2.24, 2.45) is 0 Å². The van der Waals surface area contributed by atoms with Gasteiger partial charge in [0.15, 0.2) is 0 Å². The van der Waals surface area contributed by atoms with Crippen molar-refractivity contribution in [2.75, 3.05) is 0 Å². The number of allylic oxidation sites excluding steroid dienone is 1. The average Bonchev–Trinajstić information content (AvgIpc) is 2.51. The third kappa shape index (κ3) is 3.70. The van der Waals surface area contributed by atoms with Gasteiger partial charge in [-0.05, 0) is 37.3 Å². The highest BCUT2D eigenvalue weighted by atomic mass is 35.5. The lowest BCUT2D eigenvalue weighted by atomic mass is 10.2. The smallest absolute Gasteiger partial charge is 0.216 e. The van der Waals surface area contributed by atoms with E-state index in [-0.39, 0.29) is 25.5 Å². The van der Waals surface area contributed by atoms with Gasteiger partial charge < -0.3 is 0 Å². The molecule has 0 aliphatic carbocycles. The summed E-state index contributed by atoms with van der Waals surface area (Å²) in [5.41, 5.74) is 1.10. The molecule has 3 nitrogen and oxygen atoms in total. The first-order chi connectivity index (χ1) is 10.8. The molecule has 0 spiro atoms. The monoisotopic (exact) mass is 385 g/mol. The first-order valence-corrected chi connectivity index (χ1v) is 8.96. The van der Waals surface area contributed by atoms with Crippen LogP contribution in [0.5, 0.6) is 0 Å². The molecule has 2 aromatic rings. The van der Waals surface area contributed by atoms with Crippen LogP contribution in [0, 0.1) is 18.3 Å². The van der Waals surface area contributed by atoms with Crippen LogP contribution in [0.25, 0.3) is 6.08 Å². The van der Waals surface area contributed by atoms with Gasteiger partial charge in [-0.25, -0.2) is 8.42 Å². The number of halogens is 3. The molecule has 0 N–H and O–H groups in total. The second-order valence-electron chi connectivity index (χ2n) is 4.69. The van der Waals surface area contributed by atoms with Gasteiger partial charge in [-0.2, -0.15) is 5.26 Å². The van der Waals surface area contributed by atoms with Crippen LogP contribution in [-0.2, 0) is 9.84 Å². The lowest BCUT2D eigenvalue weighted by Crippen LogP contribution is -2.03. The van der Waals surface area contributed by atoms with Crippen molar-refractivity contribution < 1.29 is 8.42 Å². The van der Waals surface area contributed by atoms with Gasteiger partial charge in [-0.1, -0.05) is 52.5 Å². The van der Waals surface area contributed by atoms with Gasteiger partial charge in [0, 0.05) is 10.6 Å². The molecule has 0 aliphatic heterocycles. The molecule has 7 heteroatoms. The maximum atomic E-state index is 12.6. The largest absolute Gasteiger partial charge is 0.218 e. The fourth-order valence-electron chi connectivity index (χ4n) is 1.82. The second kappa shape index (κ2) is 6.94. The van der Waals surface area contributed by atoms with E-state index < -0.39 is 14.7 Å². The zero-order chi connectivity index (χ0) is 17.2. The maximum absolute atomic E-state index is 12.6. The second-order valence-corrected chi connectivity index (χ2v) is 7.80. The van der Waals surface area contributed by atoms with E-state index in [0.29, 0.717) is 0 Å².